The highest BCUT2D eigenvalue weighted by Crippen LogP contribution is 2.25. The van der Waals surface area contributed by atoms with E-state index < -0.39 is 0 Å². The van der Waals surface area contributed by atoms with Crippen LogP contribution < -0.4 is 0 Å². The van der Waals surface area contributed by atoms with Gasteiger partial charge in [-0.05, 0) is 36.2 Å². The van der Waals surface area contributed by atoms with Crippen LogP contribution in [0.4, 0.5) is 4.39 Å². The van der Waals surface area contributed by atoms with Crippen molar-refractivity contribution in [2.75, 3.05) is 26.2 Å². The number of aromatic nitrogens is 3. The summed E-state index contributed by atoms with van der Waals surface area (Å²) in [5.74, 6) is -0.252. The summed E-state index contributed by atoms with van der Waals surface area (Å²) in [5.41, 5.74) is 3.43. The second-order valence-electron chi connectivity index (χ2n) is 8.10. The molecular formula is C25H24FN5OS. The SMILES string of the molecule is O=C(c1csc(-c2cnn(-c3ccccc3)c2)n1)N1CCCN(Cc2ccc(F)cc2)CC1. The minimum atomic E-state index is -0.221. The molecule has 1 fully saturated rings. The summed E-state index contributed by atoms with van der Waals surface area (Å²) in [6.07, 6.45) is 4.61. The maximum atomic E-state index is 13.2. The number of thiazole rings is 1. The van der Waals surface area contributed by atoms with E-state index in [1.54, 1.807) is 6.20 Å². The van der Waals surface area contributed by atoms with Crippen LogP contribution >= 0.6 is 11.3 Å². The third-order valence-electron chi connectivity index (χ3n) is 5.77. The average molecular weight is 462 g/mol. The van der Waals surface area contributed by atoms with Crippen LogP contribution in [0.25, 0.3) is 16.3 Å². The van der Waals surface area contributed by atoms with E-state index in [-0.39, 0.29) is 11.7 Å². The fourth-order valence-corrected chi connectivity index (χ4v) is 4.77. The second kappa shape index (κ2) is 9.64. The summed E-state index contributed by atoms with van der Waals surface area (Å²) in [6.45, 7) is 3.80. The Kier molecular flexibility index (Phi) is 6.28. The van der Waals surface area contributed by atoms with Crippen molar-refractivity contribution in [3.8, 4) is 16.3 Å². The van der Waals surface area contributed by atoms with Crippen molar-refractivity contribution in [2.24, 2.45) is 0 Å². The summed E-state index contributed by atoms with van der Waals surface area (Å²) >= 11 is 1.46. The molecule has 0 atom stereocenters. The van der Waals surface area contributed by atoms with Crippen molar-refractivity contribution in [3.63, 3.8) is 0 Å². The number of rotatable bonds is 5. The monoisotopic (exact) mass is 461 g/mol. The van der Waals surface area contributed by atoms with Crippen LogP contribution in [0.5, 0.6) is 0 Å². The zero-order valence-corrected chi connectivity index (χ0v) is 18.9. The highest BCUT2D eigenvalue weighted by atomic mass is 32.1. The number of carbonyl (C=O) groups excluding carboxylic acids is 1. The molecule has 0 N–H and O–H groups in total. The summed E-state index contributed by atoms with van der Waals surface area (Å²) in [5, 5.41) is 7.05. The van der Waals surface area contributed by atoms with E-state index in [1.165, 1.54) is 23.5 Å². The molecule has 1 saturated heterocycles. The Morgan fingerprint density at radius 3 is 2.64 bits per heavy atom. The van der Waals surface area contributed by atoms with Crippen molar-refractivity contribution < 1.29 is 9.18 Å². The quantitative estimate of drug-likeness (QED) is 0.440. The summed E-state index contributed by atoms with van der Waals surface area (Å²) in [4.78, 5) is 21.9. The molecule has 33 heavy (non-hydrogen) atoms. The van der Waals surface area contributed by atoms with Gasteiger partial charge in [0, 0.05) is 49.9 Å². The van der Waals surface area contributed by atoms with Gasteiger partial charge in [-0.1, -0.05) is 30.3 Å². The lowest BCUT2D eigenvalue weighted by molar-refractivity contribution is 0.0756. The number of halogens is 1. The Hall–Kier alpha value is -3.36. The van der Waals surface area contributed by atoms with Gasteiger partial charge in [0.05, 0.1) is 11.9 Å². The molecule has 4 aromatic rings. The molecule has 0 radical (unpaired) electrons. The smallest absolute Gasteiger partial charge is 0.273 e. The first-order valence-electron chi connectivity index (χ1n) is 11.0. The third kappa shape index (κ3) is 5.02. The number of benzene rings is 2. The molecule has 0 saturated carbocycles. The second-order valence-corrected chi connectivity index (χ2v) is 8.95. The van der Waals surface area contributed by atoms with E-state index in [0.29, 0.717) is 18.8 Å². The predicted molar refractivity (Wildman–Crippen MR) is 127 cm³/mol. The van der Waals surface area contributed by atoms with Crippen LogP contribution in [0.15, 0.2) is 72.4 Å². The number of hydrogen-bond donors (Lipinski definition) is 0. The summed E-state index contributed by atoms with van der Waals surface area (Å²) < 4.78 is 15.0. The van der Waals surface area contributed by atoms with E-state index in [2.05, 4.69) is 15.0 Å². The van der Waals surface area contributed by atoms with Gasteiger partial charge in [0.25, 0.3) is 5.91 Å². The molecule has 0 bridgehead atoms. The molecule has 3 heterocycles. The zero-order valence-electron chi connectivity index (χ0n) is 18.1. The minimum absolute atomic E-state index is 0.0309. The van der Waals surface area contributed by atoms with Gasteiger partial charge in [-0.25, -0.2) is 14.1 Å². The molecule has 2 aromatic heterocycles. The van der Waals surface area contributed by atoms with Gasteiger partial charge in [-0.15, -0.1) is 11.3 Å². The topological polar surface area (TPSA) is 54.3 Å². The predicted octanol–water partition coefficient (Wildman–Crippen LogP) is 4.48. The fourth-order valence-electron chi connectivity index (χ4n) is 4.00. The first-order chi connectivity index (χ1) is 16.2. The van der Waals surface area contributed by atoms with Crippen LogP contribution in [0, 0.1) is 5.82 Å². The highest BCUT2D eigenvalue weighted by Gasteiger charge is 2.23. The molecule has 1 aliphatic rings. The lowest BCUT2D eigenvalue weighted by Crippen LogP contribution is -2.35. The number of nitrogens with zero attached hydrogens (tertiary/aromatic N) is 5. The van der Waals surface area contributed by atoms with E-state index in [9.17, 15) is 9.18 Å². The van der Waals surface area contributed by atoms with Gasteiger partial charge < -0.3 is 4.90 Å². The Bertz CT molecular complexity index is 1220. The summed E-state index contributed by atoms with van der Waals surface area (Å²) in [7, 11) is 0. The molecule has 168 valence electrons. The van der Waals surface area contributed by atoms with Crippen molar-refractivity contribution in [3.05, 3.63) is 89.4 Å². The maximum Gasteiger partial charge on any atom is 0.273 e. The molecule has 8 heteroatoms. The molecule has 1 aliphatic heterocycles. The molecule has 5 rings (SSSR count). The lowest BCUT2D eigenvalue weighted by atomic mass is 10.2. The largest absolute Gasteiger partial charge is 0.336 e. The summed E-state index contributed by atoms with van der Waals surface area (Å²) in [6, 6.07) is 16.5. The Morgan fingerprint density at radius 1 is 1.00 bits per heavy atom. The Balaban J connectivity index is 1.22. The molecule has 0 aliphatic carbocycles. The molecule has 6 nitrogen and oxygen atoms in total. The Labute approximate surface area is 195 Å². The van der Waals surface area contributed by atoms with Crippen molar-refractivity contribution >= 4 is 17.2 Å². The van der Waals surface area contributed by atoms with Crippen LogP contribution in [0.1, 0.15) is 22.5 Å². The molecule has 1 amide bonds. The molecule has 0 unspecified atom stereocenters. The van der Waals surface area contributed by atoms with Gasteiger partial charge in [0.1, 0.15) is 16.5 Å². The van der Waals surface area contributed by atoms with E-state index in [1.807, 2.05) is 63.6 Å². The van der Waals surface area contributed by atoms with Gasteiger partial charge in [-0.3, -0.25) is 9.69 Å². The average Bonchev–Trinajstić information content (AvgIpc) is 3.47. The van der Waals surface area contributed by atoms with Crippen LogP contribution in [-0.4, -0.2) is 56.7 Å². The number of carbonyl (C=O) groups is 1. The maximum absolute atomic E-state index is 13.2. The van der Waals surface area contributed by atoms with Crippen LogP contribution in [0.3, 0.4) is 0 Å². The fraction of sp³-hybridized carbons (Fsp3) is 0.240. The lowest BCUT2D eigenvalue weighted by Gasteiger charge is -2.21. The van der Waals surface area contributed by atoms with Crippen molar-refractivity contribution in [1.29, 1.82) is 0 Å². The van der Waals surface area contributed by atoms with E-state index >= 15 is 0 Å². The normalized spacial score (nSPS) is 14.9. The van der Waals surface area contributed by atoms with E-state index in [0.717, 1.165) is 47.9 Å². The van der Waals surface area contributed by atoms with Crippen molar-refractivity contribution in [1.82, 2.24) is 24.6 Å². The standard InChI is InChI=1S/C25H24FN5OS/c26-21-9-7-19(8-10-21)16-29-11-4-12-30(14-13-29)25(32)23-18-33-24(28-23)20-15-27-31(17-20)22-5-2-1-3-6-22/h1-3,5-10,15,17-18H,4,11-14,16H2. The zero-order chi connectivity index (χ0) is 22.6. The van der Waals surface area contributed by atoms with E-state index in [4.69, 9.17) is 0 Å². The van der Waals surface area contributed by atoms with Crippen LogP contribution in [-0.2, 0) is 6.54 Å². The van der Waals surface area contributed by atoms with Gasteiger partial charge in [-0.2, -0.15) is 5.10 Å². The van der Waals surface area contributed by atoms with Gasteiger partial charge in [0.15, 0.2) is 0 Å². The number of hydrogen-bond acceptors (Lipinski definition) is 5. The highest BCUT2D eigenvalue weighted by molar-refractivity contribution is 7.13. The Morgan fingerprint density at radius 2 is 1.82 bits per heavy atom. The first kappa shape index (κ1) is 21.5. The van der Waals surface area contributed by atoms with Gasteiger partial charge >= 0.3 is 0 Å². The molecule has 2 aromatic carbocycles. The van der Waals surface area contributed by atoms with Gasteiger partial charge in [0.2, 0.25) is 0 Å². The molecular weight excluding hydrogens is 437 g/mol. The van der Waals surface area contributed by atoms with Crippen molar-refractivity contribution in [2.45, 2.75) is 13.0 Å². The molecule has 0 spiro atoms. The third-order valence-corrected chi connectivity index (χ3v) is 6.66. The number of amides is 1. The number of para-hydroxylation sites is 1. The minimum Gasteiger partial charge on any atom is -0.336 e. The van der Waals surface area contributed by atoms with Crippen LogP contribution in [0.2, 0.25) is 0 Å². The first-order valence-corrected chi connectivity index (χ1v) is 11.9.